The van der Waals surface area contributed by atoms with Crippen molar-refractivity contribution in [1.29, 1.82) is 0 Å². The number of rotatable bonds is 7. The Bertz CT molecular complexity index is 333. The lowest BCUT2D eigenvalue weighted by Crippen LogP contribution is -2.38. The first-order valence-electron chi connectivity index (χ1n) is 6.90. The molecule has 0 unspecified atom stereocenters. The smallest absolute Gasteiger partial charge is 0.0949 e. The second-order valence-corrected chi connectivity index (χ2v) is 4.66. The van der Waals surface area contributed by atoms with Gasteiger partial charge in [-0.2, -0.15) is 0 Å². The number of likely N-dealkylation sites (N-methyl/N-ethyl adjacent to an activating group) is 1. The molecule has 0 saturated carbocycles. The minimum atomic E-state index is 0.873. The maximum absolute atomic E-state index is 5.34. The Labute approximate surface area is 109 Å². The van der Waals surface area contributed by atoms with Crippen LogP contribution in [-0.4, -0.2) is 60.4 Å². The number of aromatic nitrogens is 2. The molecule has 1 N–H and O–H groups in total. The van der Waals surface area contributed by atoms with Crippen molar-refractivity contribution in [2.45, 2.75) is 19.9 Å². The summed E-state index contributed by atoms with van der Waals surface area (Å²) in [5.41, 5.74) is 1.18. The van der Waals surface area contributed by atoms with Crippen LogP contribution < -0.4 is 5.32 Å². The fraction of sp³-hybridized carbons (Fsp3) is 0.769. The summed E-state index contributed by atoms with van der Waals surface area (Å²) < 4.78 is 7.53. The van der Waals surface area contributed by atoms with E-state index in [1.165, 1.54) is 5.69 Å². The molecule has 0 spiro atoms. The van der Waals surface area contributed by atoms with Gasteiger partial charge in [0.15, 0.2) is 0 Å². The van der Waals surface area contributed by atoms with Crippen LogP contribution in [-0.2, 0) is 17.7 Å². The first kappa shape index (κ1) is 13.5. The average Bonchev–Trinajstić information content (AvgIpc) is 2.86. The van der Waals surface area contributed by atoms with Crippen molar-refractivity contribution in [2.75, 3.05) is 45.9 Å². The van der Waals surface area contributed by atoms with E-state index in [4.69, 9.17) is 4.74 Å². The summed E-state index contributed by atoms with van der Waals surface area (Å²) in [4.78, 5) is 6.88. The topological polar surface area (TPSA) is 42.3 Å². The van der Waals surface area contributed by atoms with Crippen LogP contribution in [0.3, 0.4) is 0 Å². The SMILES string of the molecule is CCNCCc1cn(CCN2CCOCC2)cn1. The van der Waals surface area contributed by atoms with Crippen LogP contribution >= 0.6 is 0 Å². The number of ether oxygens (including phenoxy) is 1. The highest BCUT2D eigenvalue weighted by molar-refractivity contribution is 4.97. The first-order valence-corrected chi connectivity index (χ1v) is 6.90. The van der Waals surface area contributed by atoms with Crippen molar-refractivity contribution in [3.05, 3.63) is 18.2 Å². The standard InChI is InChI=1S/C13H24N4O/c1-2-14-4-3-13-11-17(12-15-13)6-5-16-7-9-18-10-8-16/h11-12,14H,2-10H2,1H3. The lowest BCUT2D eigenvalue weighted by atomic mass is 10.3. The third-order valence-corrected chi connectivity index (χ3v) is 3.27. The van der Waals surface area contributed by atoms with Gasteiger partial charge in [0.25, 0.3) is 0 Å². The van der Waals surface area contributed by atoms with Crippen molar-refractivity contribution in [1.82, 2.24) is 19.8 Å². The molecule has 2 heterocycles. The number of hydrogen-bond donors (Lipinski definition) is 1. The van der Waals surface area contributed by atoms with Gasteiger partial charge in [-0.15, -0.1) is 0 Å². The van der Waals surface area contributed by atoms with Crippen molar-refractivity contribution in [3.63, 3.8) is 0 Å². The van der Waals surface area contributed by atoms with Gasteiger partial charge in [-0.1, -0.05) is 6.92 Å². The van der Waals surface area contributed by atoms with Gasteiger partial charge in [0.05, 0.1) is 25.2 Å². The van der Waals surface area contributed by atoms with E-state index >= 15 is 0 Å². The van der Waals surface area contributed by atoms with Gasteiger partial charge in [0, 0.05) is 45.3 Å². The average molecular weight is 252 g/mol. The van der Waals surface area contributed by atoms with Gasteiger partial charge in [0.1, 0.15) is 0 Å². The minimum Gasteiger partial charge on any atom is -0.379 e. The van der Waals surface area contributed by atoms with Gasteiger partial charge >= 0.3 is 0 Å². The lowest BCUT2D eigenvalue weighted by molar-refractivity contribution is 0.0364. The van der Waals surface area contributed by atoms with Gasteiger partial charge in [0.2, 0.25) is 0 Å². The van der Waals surface area contributed by atoms with E-state index in [2.05, 4.69) is 32.9 Å². The van der Waals surface area contributed by atoms with Crippen molar-refractivity contribution >= 4 is 0 Å². The fourth-order valence-electron chi connectivity index (χ4n) is 2.13. The molecule has 0 radical (unpaired) electrons. The molecular formula is C13H24N4O. The summed E-state index contributed by atoms with van der Waals surface area (Å²) in [5, 5.41) is 3.32. The summed E-state index contributed by atoms with van der Waals surface area (Å²) in [5.74, 6) is 0. The molecule has 1 aliphatic rings. The molecule has 1 saturated heterocycles. The zero-order valence-corrected chi connectivity index (χ0v) is 11.3. The Morgan fingerprint density at radius 2 is 2.17 bits per heavy atom. The van der Waals surface area contributed by atoms with Gasteiger partial charge < -0.3 is 14.6 Å². The summed E-state index contributed by atoms with van der Waals surface area (Å²) in [6.07, 6.45) is 5.12. The Balaban J connectivity index is 1.69. The third-order valence-electron chi connectivity index (χ3n) is 3.27. The second-order valence-electron chi connectivity index (χ2n) is 4.66. The minimum absolute atomic E-state index is 0.873. The van der Waals surface area contributed by atoms with Crippen LogP contribution in [0.5, 0.6) is 0 Å². The van der Waals surface area contributed by atoms with Crippen molar-refractivity contribution in [2.24, 2.45) is 0 Å². The Hall–Kier alpha value is -0.910. The highest BCUT2D eigenvalue weighted by atomic mass is 16.5. The molecule has 5 heteroatoms. The molecular weight excluding hydrogens is 228 g/mol. The number of morpholine rings is 1. The molecule has 0 atom stereocenters. The van der Waals surface area contributed by atoms with Crippen LogP contribution in [0, 0.1) is 0 Å². The normalized spacial score (nSPS) is 17.2. The first-order chi connectivity index (χ1) is 8.88. The van der Waals surface area contributed by atoms with Crippen molar-refractivity contribution in [3.8, 4) is 0 Å². The summed E-state index contributed by atoms with van der Waals surface area (Å²) >= 11 is 0. The van der Waals surface area contributed by atoms with E-state index in [1.807, 2.05) is 6.33 Å². The Morgan fingerprint density at radius 3 is 2.94 bits per heavy atom. The molecule has 0 aliphatic carbocycles. The molecule has 2 rings (SSSR count). The van der Waals surface area contributed by atoms with Crippen LogP contribution in [0.2, 0.25) is 0 Å². The molecule has 0 amide bonds. The van der Waals surface area contributed by atoms with E-state index < -0.39 is 0 Å². The van der Waals surface area contributed by atoms with Crippen LogP contribution in [0.15, 0.2) is 12.5 Å². The summed E-state index contributed by atoms with van der Waals surface area (Å²) in [7, 11) is 0. The van der Waals surface area contributed by atoms with E-state index in [0.717, 1.165) is 58.9 Å². The highest BCUT2D eigenvalue weighted by Crippen LogP contribution is 2.00. The number of nitrogens with zero attached hydrogens (tertiary/aromatic N) is 3. The molecule has 18 heavy (non-hydrogen) atoms. The van der Waals surface area contributed by atoms with Gasteiger partial charge in [-0.25, -0.2) is 4.98 Å². The monoisotopic (exact) mass is 252 g/mol. The van der Waals surface area contributed by atoms with Crippen LogP contribution in [0.1, 0.15) is 12.6 Å². The molecule has 1 aliphatic heterocycles. The highest BCUT2D eigenvalue weighted by Gasteiger charge is 2.09. The molecule has 1 aromatic rings. The molecule has 0 aromatic carbocycles. The fourth-order valence-corrected chi connectivity index (χ4v) is 2.13. The van der Waals surface area contributed by atoms with Crippen LogP contribution in [0.25, 0.3) is 0 Å². The van der Waals surface area contributed by atoms with E-state index in [0.29, 0.717) is 0 Å². The van der Waals surface area contributed by atoms with Gasteiger partial charge in [-0.3, -0.25) is 4.90 Å². The third kappa shape index (κ3) is 4.40. The molecule has 0 bridgehead atoms. The lowest BCUT2D eigenvalue weighted by Gasteiger charge is -2.26. The maximum Gasteiger partial charge on any atom is 0.0949 e. The van der Waals surface area contributed by atoms with E-state index in [1.54, 1.807) is 0 Å². The largest absolute Gasteiger partial charge is 0.379 e. The zero-order valence-electron chi connectivity index (χ0n) is 11.3. The van der Waals surface area contributed by atoms with E-state index in [-0.39, 0.29) is 0 Å². The molecule has 5 nitrogen and oxygen atoms in total. The van der Waals surface area contributed by atoms with Gasteiger partial charge in [-0.05, 0) is 6.54 Å². The second kappa shape index (κ2) is 7.51. The molecule has 1 aromatic heterocycles. The predicted octanol–water partition coefficient (Wildman–Crippen LogP) is 0.367. The molecule has 102 valence electrons. The van der Waals surface area contributed by atoms with Crippen molar-refractivity contribution < 1.29 is 4.74 Å². The zero-order chi connectivity index (χ0) is 12.6. The van der Waals surface area contributed by atoms with Crippen LogP contribution in [0.4, 0.5) is 0 Å². The maximum atomic E-state index is 5.34. The molecule has 1 fully saturated rings. The number of hydrogen-bond acceptors (Lipinski definition) is 4. The summed E-state index contributed by atoms with van der Waals surface area (Å²) in [6.45, 7) is 10.1. The summed E-state index contributed by atoms with van der Waals surface area (Å²) in [6, 6.07) is 0. The number of nitrogens with one attached hydrogen (secondary N) is 1. The quantitative estimate of drug-likeness (QED) is 0.712. The van der Waals surface area contributed by atoms with E-state index in [9.17, 15) is 0 Å². The Kier molecular flexibility index (Phi) is 5.64. The predicted molar refractivity (Wildman–Crippen MR) is 71.7 cm³/mol. The number of imidazole rings is 1. The Morgan fingerprint density at radius 1 is 1.33 bits per heavy atom.